The second kappa shape index (κ2) is 7.78. The minimum atomic E-state index is 0.0178. The molecular formula is C16H18BrClN2O. The Bertz CT molecular complexity index is 589. The second-order valence-electron chi connectivity index (χ2n) is 4.68. The molecule has 1 N–H and O–H groups in total. The van der Waals surface area contributed by atoms with Crippen LogP contribution < -0.4 is 10.1 Å². The van der Waals surface area contributed by atoms with E-state index in [1.807, 2.05) is 36.5 Å². The van der Waals surface area contributed by atoms with Gasteiger partial charge < -0.3 is 10.1 Å². The summed E-state index contributed by atoms with van der Waals surface area (Å²) in [6.07, 6.45) is 2.86. The summed E-state index contributed by atoms with van der Waals surface area (Å²) >= 11 is 9.52. The summed E-state index contributed by atoms with van der Waals surface area (Å²) in [6.45, 7) is 3.05. The maximum Gasteiger partial charge on any atom is 0.137 e. The van der Waals surface area contributed by atoms with Crippen molar-refractivity contribution in [2.45, 2.75) is 19.4 Å². The summed E-state index contributed by atoms with van der Waals surface area (Å²) in [4.78, 5) is 4.50. The van der Waals surface area contributed by atoms with Gasteiger partial charge in [0.1, 0.15) is 5.75 Å². The van der Waals surface area contributed by atoms with Gasteiger partial charge in [-0.05, 0) is 58.7 Å². The Kier molecular flexibility index (Phi) is 6.03. The Labute approximate surface area is 138 Å². The average molecular weight is 370 g/mol. The average Bonchev–Trinajstić information content (AvgIpc) is 2.50. The zero-order valence-corrected chi connectivity index (χ0v) is 14.4. The van der Waals surface area contributed by atoms with Crippen LogP contribution in [0.25, 0.3) is 0 Å². The van der Waals surface area contributed by atoms with E-state index in [1.54, 1.807) is 7.11 Å². The lowest BCUT2D eigenvalue weighted by atomic mass is 10.0. The Morgan fingerprint density at radius 1 is 1.33 bits per heavy atom. The quantitative estimate of drug-likeness (QED) is 0.808. The molecule has 1 aromatic heterocycles. The minimum absolute atomic E-state index is 0.0178. The van der Waals surface area contributed by atoms with E-state index in [0.29, 0.717) is 10.8 Å². The largest absolute Gasteiger partial charge is 0.495 e. The number of halogens is 2. The molecule has 1 atom stereocenters. The molecule has 0 saturated carbocycles. The van der Waals surface area contributed by atoms with Gasteiger partial charge in [0, 0.05) is 10.7 Å². The van der Waals surface area contributed by atoms with Gasteiger partial charge in [0.25, 0.3) is 0 Å². The number of nitrogens with one attached hydrogen (secondary N) is 1. The number of hydrogen-bond acceptors (Lipinski definition) is 3. The number of benzene rings is 1. The van der Waals surface area contributed by atoms with Gasteiger partial charge in [-0.2, -0.15) is 0 Å². The van der Waals surface area contributed by atoms with Gasteiger partial charge in [0.05, 0.1) is 23.9 Å². The van der Waals surface area contributed by atoms with Gasteiger partial charge in [-0.25, -0.2) is 0 Å². The SMILES string of the molecule is CCCNC(c1ccc(Cl)c(OC)c1)c1ccc(Br)cn1. The van der Waals surface area contributed by atoms with E-state index in [1.165, 1.54) is 0 Å². The van der Waals surface area contributed by atoms with E-state index in [0.717, 1.165) is 28.7 Å². The Hall–Kier alpha value is -1.10. The molecule has 0 bridgehead atoms. The Balaban J connectivity index is 2.37. The topological polar surface area (TPSA) is 34.1 Å². The number of aromatic nitrogens is 1. The highest BCUT2D eigenvalue weighted by molar-refractivity contribution is 9.10. The van der Waals surface area contributed by atoms with Crippen LogP contribution in [0.1, 0.15) is 30.6 Å². The standard InChI is InChI=1S/C16H18BrClN2O/c1-3-8-19-16(14-7-5-12(17)10-20-14)11-4-6-13(18)15(9-11)21-2/h4-7,9-10,16,19H,3,8H2,1-2H3. The highest BCUT2D eigenvalue weighted by Gasteiger charge is 2.16. The molecule has 0 aliphatic heterocycles. The van der Waals surface area contributed by atoms with Gasteiger partial charge in [0.15, 0.2) is 0 Å². The molecular weight excluding hydrogens is 352 g/mol. The molecule has 1 unspecified atom stereocenters. The highest BCUT2D eigenvalue weighted by atomic mass is 79.9. The number of pyridine rings is 1. The molecule has 0 spiro atoms. The summed E-state index contributed by atoms with van der Waals surface area (Å²) in [5, 5.41) is 4.13. The van der Waals surface area contributed by atoms with E-state index < -0.39 is 0 Å². The number of hydrogen-bond donors (Lipinski definition) is 1. The second-order valence-corrected chi connectivity index (χ2v) is 6.01. The molecule has 0 aliphatic rings. The van der Waals surface area contributed by atoms with Crippen molar-refractivity contribution in [1.82, 2.24) is 10.3 Å². The van der Waals surface area contributed by atoms with Crippen molar-refractivity contribution in [2.75, 3.05) is 13.7 Å². The molecule has 1 heterocycles. The van der Waals surface area contributed by atoms with Crippen LogP contribution in [0.2, 0.25) is 5.02 Å². The fraction of sp³-hybridized carbons (Fsp3) is 0.312. The molecule has 0 amide bonds. The number of nitrogens with zero attached hydrogens (tertiary/aromatic N) is 1. The van der Waals surface area contributed by atoms with Crippen molar-refractivity contribution in [3.8, 4) is 5.75 Å². The first-order valence-corrected chi connectivity index (χ1v) is 8.01. The van der Waals surface area contributed by atoms with Gasteiger partial charge in [-0.1, -0.05) is 24.6 Å². The maximum atomic E-state index is 6.10. The number of methoxy groups -OCH3 is 1. The van der Waals surface area contributed by atoms with E-state index in [-0.39, 0.29) is 6.04 Å². The molecule has 2 rings (SSSR count). The molecule has 2 aromatic rings. The third-order valence-corrected chi connectivity index (χ3v) is 3.93. The van der Waals surface area contributed by atoms with Crippen LogP contribution >= 0.6 is 27.5 Å². The van der Waals surface area contributed by atoms with Crippen LogP contribution in [0, 0.1) is 0 Å². The van der Waals surface area contributed by atoms with E-state index in [2.05, 4.69) is 33.2 Å². The van der Waals surface area contributed by atoms with Crippen molar-refractivity contribution < 1.29 is 4.74 Å². The zero-order valence-electron chi connectivity index (χ0n) is 12.1. The first-order chi connectivity index (χ1) is 10.2. The molecule has 0 fully saturated rings. The summed E-state index contributed by atoms with van der Waals surface area (Å²) in [7, 11) is 1.62. The molecule has 0 radical (unpaired) electrons. The maximum absolute atomic E-state index is 6.10. The molecule has 0 saturated heterocycles. The van der Waals surface area contributed by atoms with Crippen LogP contribution in [0.5, 0.6) is 5.75 Å². The molecule has 112 valence electrons. The lowest BCUT2D eigenvalue weighted by molar-refractivity contribution is 0.413. The molecule has 0 aliphatic carbocycles. The fourth-order valence-electron chi connectivity index (χ4n) is 2.10. The third-order valence-electron chi connectivity index (χ3n) is 3.15. The van der Waals surface area contributed by atoms with Gasteiger partial charge in [-0.15, -0.1) is 0 Å². The Morgan fingerprint density at radius 3 is 2.76 bits per heavy atom. The summed E-state index contributed by atoms with van der Waals surface area (Å²) in [5.74, 6) is 0.676. The predicted octanol–water partition coefficient (Wildman–Crippen LogP) is 4.60. The van der Waals surface area contributed by atoms with E-state index >= 15 is 0 Å². The fourth-order valence-corrected chi connectivity index (χ4v) is 2.53. The van der Waals surface area contributed by atoms with Gasteiger partial charge in [0.2, 0.25) is 0 Å². The first kappa shape index (κ1) is 16.3. The van der Waals surface area contributed by atoms with Crippen molar-refractivity contribution in [3.05, 3.63) is 57.3 Å². The van der Waals surface area contributed by atoms with Crippen LogP contribution in [0.3, 0.4) is 0 Å². The smallest absolute Gasteiger partial charge is 0.137 e. The van der Waals surface area contributed by atoms with Gasteiger partial charge >= 0.3 is 0 Å². The van der Waals surface area contributed by atoms with Crippen LogP contribution in [0.15, 0.2) is 41.0 Å². The van der Waals surface area contributed by atoms with Crippen LogP contribution in [-0.2, 0) is 0 Å². The molecule has 5 heteroatoms. The summed E-state index contributed by atoms with van der Waals surface area (Å²) in [5.41, 5.74) is 2.05. The highest BCUT2D eigenvalue weighted by Crippen LogP contribution is 2.30. The van der Waals surface area contributed by atoms with Crippen molar-refractivity contribution in [3.63, 3.8) is 0 Å². The lowest BCUT2D eigenvalue weighted by Crippen LogP contribution is -2.24. The van der Waals surface area contributed by atoms with Crippen molar-refractivity contribution >= 4 is 27.5 Å². The van der Waals surface area contributed by atoms with E-state index in [4.69, 9.17) is 16.3 Å². The first-order valence-electron chi connectivity index (χ1n) is 6.84. The molecule has 21 heavy (non-hydrogen) atoms. The monoisotopic (exact) mass is 368 g/mol. The number of rotatable bonds is 6. The van der Waals surface area contributed by atoms with Crippen LogP contribution in [-0.4, -0.2) is 18.6 Å². The molecule has 1 aromatic carbocycles. The molecule has 3 nitrogen and oxygen atoms in total. The minimum Gasteiger partial charge on any atom is -0.495 e. The Morgan fingerprint density at radius 2 is 2.14 bits per heavy atom. The van der Waals surface area contributed by atoms with E-state index in [9.17, 15) is 0 Å². The zero-order chi connectivity index (χ0) is 15.2. The number of ether oxygens (including phenoxy) is 1. The summed E-state index contributed by atoms with van der Waals surface area (Å²) < 4.78 is 6.27. The van der Waals surface area contributed by atoms with Crippen molar-refractivity contribution in [2.24, 2.45) is 0 Å². The normalized spacial score (nSPS) is 12.2. The van der Waals surface area contributed by atoms with Gasteiger partial charge in [-0.3, -0.25) is 4.98 Å². The van der Waals surface area contributed by atoms with Crippen molar-refractivity contribution in [1.29, 1.82) is 0 Å². The third kappa shape index (κ3) is 4.19. The summed E-state index contributed by atoms with van der Waals surface area (Å²) in [6, 6.07) is 9.84. The predicted molar refractivity (Wildman–Crippen MR) is 90.1 cm³/mol. The lowest BCUT2D eigenvalue weighted by Gasteiger charge is -2.19. The van der Waals surface area contributed by atoms with Crippen LogP contribution in [0.4, 0.5) is 0 Å².